The average molecular weight is 397 g/mol. The number of aliphatic hydroxyl groups is 2. The summed E-state index contributed by atoms with van der Waals surface area (Å²) in [7, 11) is 0. The minimum Gasteiger partial charge on any atom is -0.457 e. The quantitative estimate of drug-likeness (QED) is 0.603. The minimum atomic E-state index is -0.125. The zero-order valence-corrected chi connectivity index (χ0v) is 17.6. The summed E-state index contributed by atoms with van der Waals surface area (Å²) >= 11 is 0. The molecular formula is C26H36O3. The maximum atomic E-state index is 7.62. The predicted molar refractivity (Wildman–Crippen MR) is 119 cm³/mol. The summed E-state index contributed by atoms with van der Waals surface area (Å²) in [4.78, 5) is 0. The van der Waals surface area contributed by atoms with Crippen molar-refractivity contribution in [3.63, 3.8) is 0 Å². The summed E-state index contributed by atoms with van der Waals surface area (Å²) in [6, 6.07) is 17.5. The molecule has 0 spiro atoms. The molecule has 0 saturated heterocycles. The summed E-state index contributed by atoms with van der Waals surface area (Å²) in [6.45, 7) is -0.250. The first-order valence-corrected chi connectivity index (χ1v) is 11.4. The van der Waals surface area contributed by atoms with Crippen molar-refractivity contribution in [2.24, 2.45) is 0 Å². The van der Waals surface area contributed by atoms with Crippen LogP contribution in [0.25, 0.3) is 0 Å². The van der Waals surface area contributed by atoms with Gasteiger partial charge in [-0.2, -0.15) is 0 Å². The van der Waals surface area contributed by atoms with E-state index in [2.05, 4.69) is 48.5 Å². The molecule has 0 amide bonds. The molecule has 0 unspecified atom stereocenters. The number of hydrogen-bond acceptors (Lipinski definition) is 3. The first-order valence-electron chi connectivity index (χ1n) is 11.4. The lowest BCUT2D eigenvalue weighted by Gasteiger charge is -2.26. The van der Waals surface area contributed by atoms with Crippen molar-refractivity contribution >= 4 is 0 Å². The maximum absolute atomic E-state index is 7.62. The van der Waals surface area contributed by atoms with Crippen LogP contribution in [-0.4, -0.2) is 23.4 Å². The number of hydrogen-bond donors (Lipinski definition) is 2. The summed E-state index contributed by atoms with van der Waals surface area (Å²) in [5.41, 5.74) is 2.83. The molecule has 0 aliphatic heterocycles. The molecule has 29 heavy (non-hydrogen) atoms. The van der Waals surface area contributed by atoms with Gasteiger partial charge in [0, 0.05) is 0 Å². The van der Waals surface area contributed by atoms with Gasteiger partial charge in [-0.05, 0) is 60.8 Å². The van der Waals surface area contributed by atoms with Crippen LogP contribution in [0.5, 0.6) is 11.5 Å². The van der Waals surface area contributed by atoms with Crippen LogP contribution < -0.4 is 4.74 Å². The first-order chi connectivity index (χ1) is 14.3. The predicted octanol–water partition coefficient (Wildman–Crippen LogP) is 6.55. The van der Waals surface area contributed by atoms with Gasteiger partial charge in [-0.15, -0.1) is 0 Å². The normalized spacial score (nSPS) is 18.0. The Morgan fingerprint density at radius 1 is 0.586 bits per heavy atom. The summed E-state index contributed by atoms with van der Waals surface area (Å²) in [6.07, 6.45) is 13.5. The van der Waals surface area contributed by atoms with Crippen molar-refractivity contribution in [3.8, 4) is 11.5 Å². The van der Waals surface area contributed by atoms with Crippen molar-refractivity contribution in [1.29, 1.82) is 0 Å². The topological polar surface area (TPSA) is 49.7 Å². The molecule has 0 bridgehead atoms. The lowest BCUT2D eigenvalue weighted by molar-refractivity contribution is 0.186. The molecule has 0 radical (unpaired) electrons. The monoisotopic (exact) mass is 396 g/mol. The first kappa shape index (κ1) is 21.9. The fraction of sp³-hybridized carbons (Fsp3) is 0.538. The van der Waals surface area contributed by atoms with Crippen LogP contribution in [0.3, 0.4) is 0 Å². The second-order valence-corrected chi connectivity index (χ2v) is 8.29. The Balaban J connectivity index is 0.000000552. The van der Waals surface area contributed by atoms with Gasteiger partial charge >= 0.3 is 0 Å². The smallest absolute Gasteiger partial charge is 0.130 e. The lowest BCUT2D eigenvalue weighted by Crippen LogP contribution is -2.08. The van der Waals surface area contributed by atoms with Crippen molar-refractivity contribution in [2.75, 3.05) is 13.2 Å². The van der Waals surface area contributed by atoms with E-state index in [1.54, 1.807) is 0 Å². The SMILES string of the molecule is OCCO.c1ccc(C2CCCCC2)c(Oc2ccccc2C2CCCCC2)c1. The van der Waals surface area contributed by atoms with Crippen LogP contribution in [0.2, 0.25) is 0 Å². The Hall–Kier alpha value is -1.84. The maximum Gasteiger partial charge on any atom is 0.130 e. The third-order valence-corrected chi connectivity index (χ3v) is 6.25. The molecule has 0 aromatic heterocycles. The average Bonchev–Trinajstić information content (AvgIpc) is 2.81. The number of ether oxygens (including phenoxy) is 1. The third kappa shape index (κ3) is 6.32. The van der Waals surface area contributed by atoms with Gasteiger partial charge < -0.3 is 14.9 Å². The summed E-state index contributed by atoms with van der Waals surface area (Å²) in [5.74, 6) is 3.51. The molecule has 158 valence electrons. The third-order valence-electron chi connectivity index (χ3n) is 6.25. The lowest BCUT2D eigenvalue weighted by atomic mass is 9.83. The van der Waals surface area contributed by atoms with Gasteiger partial charge in [-0.1, -0.05) is 74.9 Å². The molecule has 2 fully saturated rings. The highest BCUT2D eigenvalue weighted by Gasteiger charge is 2.22. The Morgan fingerprint density at radius 3 is 1.34 bits per heavy atom. The van der Waals surface area contributed by atoms with Gasteiger partial charge in [0.15, 0.2) is 0 Å². The van der Waals surface area contributed by atoms with Crippen LogP contribution >= 0.6 is 0 Å². The number of benzene rings is 2. The van der Waals surface area contributed by atoms with Gasteiger partial charge in [-0.25, -0.2) is 0 Å². The van der Waals surface area contributed by atoms with Gasteiger partial charge in [-0.3, -0.25) is 0 Å². The minimum absolute atomic E-state index is 0.125. The van der Waals surface area contributed by atoms with E-state index in [0.29, 0.717) is 11.8 Å². The van der Waals surface area contributed by atoms with E-state index in [-0.39, 0.29) is 13.2 Å². The Labute approximate surface area is 175 Å². The fourth-order valence-electron chi connectivity index (χ4n) is 4.77. The number of para-hydroxylation sites is 2. The molecule has 2 aromatic rings. The molecule has 0 atom stereocenters. The van der Waals surface area contributed by atoms with E-state index < -0.39 is 0 Å². The molecule has 2 saturated carbocycles. The van der Waals surface area contributed by atoms with E-state index in [9.17, 15) is 0 Å². The van der Waals surface area contributed by atoms with Crippen molar-refractivity contribution in [1.82, 2.24) is 0 Å². The molecular weight excluding hydrogens is 360 g/mol. The second kappa shape index (κ2) is 12.0. The zero-order valence-electron chi connectivity index (χ0n) is 17.6. The molecule has 4 rings (SSSR count). The summed E-state index contributed by atoms with van der Waals surface area (Å²) < 4.78 is 6.55. The van der Waals surface area contributed by atoms with Crippen molar-refractivity contribution < 1.29 is 14.9 Å². The van der Waals surface area contributed by atoms with Gasteiger partial charge in [0.1, 0.15) is 11.5 Å². The second-order valence-electron chi connectivity index (χ2n) is 8.29. The van der Waals surface area contributed by atoms with E-state index in [0.717, 1.165) is 11.5 Å². The van der Waals surface area contributed by atoms with Gasteiger partial charge in [0.2, 0.25) is 0 Å². The molecule has 2 N–H and O–H groups in total. The molecule has 0 heterocycles. The van der Waals surface area contributed by atoms with E-state index >= 15 is 0 Å². The highest BCUT2D eigenvalue weighted by atomic mass is 16.5. The van der Waals surface area contributed by atoms with Crippen LogP contribution in [0.15, 0.2) is 48.5 Å². The van der Waals surface area contributed by atoms with Crippen molar-refractivity contribution in [3.05, 3.63) is 59.7 Å². The van der Waals surface area contributed by atoms with Crippen LogP contribution in [0.4, 0.5) is 0 Å². The fourth-order valence-corrected chi connectivity index (χ4v) is 4.77. The Kier molecular flexibility index (Phi) is 9.04. The van der Waals surface area contributed by atoms with E-state index in [1.165, 1.54) is 75.3 Å². The van der Waals surface area contributed by atoms with E-state index in [1.807, 2.05) is 0 Å². The standard InChI is InChI=1S/C24H30O.C2H6O2/c1-3-11-19(12-4-1)21-15-7-9-17-23(21)25-24-18-10-8-16-22(24)20-13-5-2-6-14-20;3-1-2-4/h7-10,15-20H,1-6,11-14H2;3-4H,1-2H2. The molecule has 2 aromatic carbocycles. The van der Waals surface area contributed by atoms with Gasteiger partial charge in [0.05, 0.1) is 13.2 Å². The zero-order chi connectivity index (χ0) is 20.3. The van der Waals surface area contributed by atoms with Gasteiger partial charge in [0.25, 0.3) is 0 Å². The Bertz CT molecular complexity index is 654. The van der Waals surface area contributed by atoms with Crippen LogP contribution in [0, 0.1) is 0 Å². The number of rotatable bonds is 5. The highest BCUT2D eigenvalue weighted by molar-refractivity contribution is 5.44. The van der Waals surface area contributed by atoms with Crippen LogP contribution in [-0.2, 0) is 0 Å². The van der Waals surface area contributed by atoms with Crippen molar-refractivity contribution in [2.45, 2.75) is 76.0 Å². The largest absolute Gasteiger partial charge is 0.457 e. The summed E-state index contributed by atoms with van der Waals surface area (Å²) in [5, 5.41) is 15.2. The molecule has 2 aliphatic rings. The van der Waals surface area contributed by atoms with Crippen LogP contribution in [0.1, 0.15) is 87.2 Å². The molecule has 3 nitrogen and oxygen atoms in total. The molecule has 3 heteroatoms. The van der Waals surface area contributed by atoms with E-state index in [4.69, 9.17) is 14.9 Å². The Morgan fingerprint density at radius 2 is 0.966 bits per heavy atom. The highest BCUT2D eigenvalue weighted by Crippen LogP contribution is 2.42. The molecule has 2 aliphatic carbocycles. The number of aliphatic hydroxyl groups excluding tert-OH is 2.